The third-order valence-corrected chi connectivity index (χ3v) is 7.65. The number of carbonyl (C=O) groups is 2. The normalized spacial score (nSPS) is 21.0. The molecule has 2 aromatic carbocycles. The van der Waals surface area contributed by atoms with E-state index in [4.69, 9.17) is 9.72 Å². The zero-order chi connectivity index (χ0) is 28.8. The number of fused-ring (bicyclic) bond motifs is 2. The fourth-order valence-corrected chi connectivity index (χ4v) is 5.87. The van der Waals surface area contributed by atoms with Gasteiger partial charge in [-0.25, -0.2) is 9.37 Å². The molecule has 0 saturated carbocycles. The van der Waals surface area contributed by atoms with Gasteiger partial charge in [-0.15, -0.1) is 0 Å². The van der Waals surface area contributed by atoms with Crippen LogP contribution in [0.25, 0.3) is 21.8 Å². The summed E-state index contributed by atoms with van der Waals surface area (Å²) < 4.78 is 22.3. The second kappa shape index (κ2) is 10.6. The molecule has 2 saturated heterocycles. The maximum absolute atomic E-state index is 14.7. The Hall–Kier alpha value is -4.32. The molecule has 2 aliphatic heterocycles. The number of benzene rings is 2. The minimum absolute atomic E-state index is 0.000449. The van der Waals surface area contributed by atoms with Crippen LogP contribution in [0.5, 0.6) is 6.01 Å². The molecule has 12 heteroatoms. The van der Waals surface area contributed by atoms with E-state index in [9.17, 15) is 14.0 Å². The highest BCUT2D eigenvalue weighted by Crippen LogP contribution is 2.32. The number of aromatic nitrogens is 4. The summed E-state index contributed by atoms with van der Waals surface area (Å²) in [5.41, 5.74) is 2.24. The molecule has 2 N–H and O–H groups in total. The molecule has 3 atom stereocenters. The third kappa shape index (κ3) is 5.39. The summed E-state index contributed by atoms with van der Waals surface area (Å²) in [7, 11) is 1.72. The second-order valence-corrected chi connectivity index (χ2v) is 11.1. The van der Waals surface area contributed by atoms with Crippen LogP contribution in [0.2, 0.25) is 0 Å². The van der Waals surface area contributed by atoms with Gasteiger partial charge in [-0.2, -0.15) is 10.1 Å². The summed E-state index contributed by atoms with van der Waals surface area (Å²) >= 11 is 0. The number of nitrogens with zero attached hydrogens (tertiary/aromatic N) is 6. The average Bonchev–Trinajstić information content (AvgIpc) is 3.53. The zero-order valence-electron chi connectivity index (χ0n) is 23.5. The summed E-state index contributed by atoms with van der Waals surface area (Å²) in [6, 6.07) is 7.31. The van der Waals surface area contributed by atoms with Crippen molar-refractivity contribution < 1.29 is 18.7 Å². The Morgan fingerprint density at radius 2 is 1.90 bits per heavy atom. The molecule has 2 fully saturated rings. The van der Waals surface area contributed by atoms with Gasteiger partial charge < -0.3 is 25.2 Å². The first-order valence-corrected chi connectivity index (χ1v) is 13.8. The average molecular weight is 561 g/mol. The number of hydrogen-bond donors (Lipinski definition) is 2. The number of carbonyl (C=O) groups excluding carboxylic acids is 2. The number of amides is 2. The van der Waals surface area contributed by atoms with Gasteiger partial charge in [0.2, 0.25) is 5.91 Å². The first-order valence-electron chi connectivity index (χ1n) is 13.8. The monoisotopic (exact) mass is 560 g/mol. The van der Waals surface area contributed by atoms with E-state index in [2.05, 4.69) is 39.5 Å². The lowest BCUT2D eigenvalue weighted by Crippen LogP contribution is -2.54. The summed E-state index contributed by atoms with van der Waals surface area (Å²) in [6.45, 7) is 8.47. The molecule has 41 heavy (non-hydrogen) atoms. The number of ether oxygens (including phenoxy) is 1. The number of anilines is 2. The molecular formula is C29H33FN8O3. The number of piperazine rings is 1. The number of rotatable bonds is 5. The van der Waals surface area contributed by atoms with Crippen molar-refractivity contribution >= 4 is 45.0 Å². The lowest BCUT2D eigenvalue weighted by Gasteiger charge is -2.38. The van der Waals surface area contributed by atoms with Crippen LogP contribution in [0.3, 0.4) is 0 Å². The van der Waals surface area contributed by atoms with Crippen molar-refractivity contribution in [1.82, 2.24) is 30.0 Å². The Balaban J connectivity index is 1.36. The Labute approximate surface area is 236 Å². The van der Waals surface area contributed by atoms with Gasteiger partial charge in [0, 0.05) is 86.7 Å². The van der Waals surface area contributed by atoms with E-state index in [0.717, 1.165) is 24.2 Å². The fourth-order valence-electron chi connectivity index (χ4n) is 5.87. The van der Waals surface area contributed by atoms with Crippen LogP contribution in [0, 0.1) is 5.82 Å². The van der Waals surface area contributed by atoms with Crippen LogP contribution in [0.1, 0.15) is 37.6 Å². The molecule has 2 aromatic heterocycles. The molecule has 0 aliphatic carbocycles. The lowest BCUT2D eigenvalue weighted by atomic mass is 10.0. The maximum atomic E-state index is 14.7. The van der Waals surface area contributed by atoms with Crippen LogP contribution in [-0.4, -0.2) is 80.8 Å². The van der Waals surface area contributed by atoms with Crippen LogP contribution < -0.4 is 20.3 Å². The Morgan fingerprint density at radius 3 is 2.63 bits per heavy atom. The molecular weight excluding hydrogens is 527 g/mol. The van der Waals surface area contributed by atoms with Gasteiger partial charge >= 0.3 is 6.01 Å². The van der Waals surface area contributed by atoms with E-state index in [0.29, 0.717) is 41.7 Å². The molecule has 214 valence electrons. The predicted molar refractivity (Wildman–Crippen MR) is 154 cm³/mol. The molecule has 4 aromatic rings. The minimum Gasteiger partial charge on any atom is -0.458 e. The molecule has 2 amide bonds. The van der Waals surface area contributed by atoms with Gasteiger partial charge in [0.1, 0.15) is 11.6 Å². The Bertz CT molecular complexity index is 1650. The quantitative estimate of drug-likeness (QED) is 0.383. The number of likely N-dealkylation sites (tertiary alicyclic amines) is 1. The van der Waals surface area contributed by atoms with E-state index in [1.807, 2.05) is 6.07 Å². The van der Waals surface area contributed by atoms with E-state index < -0.39 is 11.7 Å². The number of hydrogen-bond acceptors (Lipinski definition) is 8. The highest BCUT2D eigenvalue weighted by atomic mass is 19.1. The van der Waals surface area contributed by atoms with Gasteiger partial charge in [-0.3, -0.25) is 14.3 Å². The van der Waals surface area contributed by atoms with Crippen LogP contribution in [0.4, 0.5) is 15.8 Å². The Morgan fingerprint density at radius 1 is 1.12 bits per heavy atom. The number of aryl methyl sites for hydroxylation is 1. The second-order valence-electron chi connectivity index (χ2n) is 11.1. The minimum atomic E-state index is -0.519. The molecule has 2 aliphatic rings. The number of halogens is 1. The van der Waals surface area contributed by atoms with E-state index in [1.54, 1.807) is 36.5 Å². The SMILES string of the molecule is CC(=O)N1CC[C@H](Oc2ncc3c(N4C[C@@H](C)N[C@H](C)C4)ccc(C(=O)Nc4cc(F)c5nn(C)cc5c4)c3n2)C1. The summed E-state index contributed by atoms with van der Waals surface area (Å²) in [6.07, 6.45) is 3.83. The van der Waals surface area contributed by atoms with Gasteiger partial charge in [-0.1, -0.05) is 0 Å². The molecule has 0 radical (unpaired) electrons. The summed E-state index contributed by atoms with van der Waals surface area (Å²) in [5, 5.41) is 11.8. The molecule has 0 bridgehead atoms. The van der Waals surface area contributed by atoms with E-state index >= 15 is 0 Å². The van der Waals surface area contributed by atoms with Crippen molar-refractivity contribution in [2.24, 2.45) is 7.05 Å². The smallest absolute Gasteiger partial charge is 0.317 e. The van der Waals surface area contributed by atoms with Crippen molar-refractivity contribution in [3.05, 3.63) is 48.0 Å². The molecule has 4 heterocycles. The standard InChI is InChI=1S/C29H33FN8O3/c1-16-12-38(13-17(2)32-16)25-6-5-22(28(40)33-20-9-19-14-36(4)35-26(19)24(30)10-20)27-23(25)11-31-29(34-27)41-21-7-8-37(15-21)18(3)39/h5-6,9-11,14,16-17,21,32H,7-8,12-13,15H2,1-4H3,(H,33,40)/t16-,17-,21+/m1/s1. The molecule has 0 unspecified atom stereocenters. The van der Waals surface area contributed by atoms with Crippen molar-refractivity contribution in [3.8, 4) is 6.01 Å². The Kier molecular flexibility index (Phi) is 6.94. The maximum Gasteiger partial charge on any atom is 0.317 e. The summed E-state index contributed by atoms with van der Waals surface area (Å²) in [5.74, 6) is -0.950. The third-order valence-electron chi connectivity index (χ3n) is 7.65. The van der Waals surface area contributed by atoms with Gasteiger partial charge in [0.15, 0.2) is 5.82 Å². The van der Waals surface area contributed by atoms with E-state index in [1.165, 1.54) is 17.7 Å². The van der Waals surface area contributed by atoms with Gasteiger partial charge in [0.05, 0.1) is 17.6 Å². The molecule has 11 nitrogen and oxygen atoms in total. The fraction of sp³-hybridized carbons (Fsp3) is 0.414. The first-order chi connectivity index (χ1) is 19.6. The molecule has 0 spiro atoms. The van der Waals surface area contributed by atoms with Crippen LogP contribution in [0.15, 0.2) is 36.7 Å². The van der Waals surface area contributed by atoms with Gasteiger partial charge in [-0.05, 0) is 38.1 Å². The highest BCUT2D eigenvalue weighted by molar-refractivity contribution is 6.14. The van der Waals surface area contributed by atoms with Crippen molar-refractivity contribution in [2.75, 3.05) is 36.4 Å². The number of nitrogens with one attached hydrogen (secondary N) is 2. The zero-order valence-corrected chi connectivity index (χ0v) is 23.5. The summed E-state index contributed by atoms with van der Waals surface area (Å²) in [4.78, 5) is 38.6. The van der Waals surface area contributed by atoms with Crippen molar-refractivity contribution in [3.63, 3.8) is 0 Å². The van der Waals surface area contributed by atoms with Gasteiger partial charge in [0.25, 0.3) is 5.91 Å². The topological polar surface area (TPSA) is 118 Å². The van der Waals surface area contributed by atoms with Crippen molar-refractivity contribution in [2.45, 2.75) is 45.4 Å². The lowest BCUT2D eigenvalue weighted by molar-refractivity contribution is -0.128. The van der Waals surface area contributed by atoms with Crippen LogP contribution >= 0.6 is 0 Å². The largest absolute Gasteiger partial charge is 0.458 e. The van der Waals surface area contributed by atoms with Crippen LogP contribution in [-0.2, 0) is 11.8 Å². The first kappa shape index (κ1) is 26.9. The molecule has 6 rings (SSSR count). The highest BCUT2D eigenvalue weighted by Gasteiger charge is 2.28. The van der Waals surface area contributed by atoms with E-state index in [-0.39, 0.29) is 35.6 Å². The predicted octanol–water partition coefficient (Wildman–Crippen LogP) is 3.09. The van der Waals surface area contributed by atoms with Crippen molar-refractivity contribution in [1.29, 1.82) is 0 Å².